The average Bonchev–Trinajstić information content (AvgIpc) is 2.66. The summed E-state index contributed by atoms with van der Waals surface area (Å²) in [6, 6.07) is 8.27. The zero-order valence-corrected chi connectivity index (χ0v) is 14.2. The molecule has 2 rings (SSSR count). The monoisotopic (exact) mass is 317 g/mol. The maximum atomic E-state index is 6.29. The Morgan fingerprint density at radius 1 is 1.10 bits per heavy atom. The van der Waals surface area contributed by atoms with Gasteiger partial charge < -0.3 is 10.3 Å². The predicted molar refractivity (Wildman–Crippen MR) is 90.8 cm³/mol. The molecule has 0 saturated heterocycles. The number of hydrogen-bond donors (Lipinski definition) is 1. The molecule has 1 unspecified atom stereocenters. The summed E-state index contributed by atoms with van der Waals surface area (Å²) in [4.78, 5) is 4.72. The van der Waals surface area contributed by atoms with Gasteiger partial charge in [0, 0.05) is 6.54 Å². The molecule has 2 N–H and O–H groups in total. The molecule has 114 valence electrons. The third-order valence-electron chi connectivity index (χ3n) is 3.25. The fourth-order valence-electron chi connectivity index (χ4n) is 2.20. The summed E-state index contributed by atoms with van der Waals surface area (Å²) in [5, 5.41) is 0. The molecule has 3 nitrogen and oxygen atoms in total. The van der Waals surface area contributed by atoms with E-state index in [4.69, 9.17) is 10.7 Å². The van der Waals surface area contributed by atoms with Gasteiger partial charge in [0.2, 0.25) is 0 Å². The van der Waals surface area contributed by atoms with Crippen LogP contribution in [-0.4, -0.2) is 9.55 Å². The van der Waals surface area contributed by atoms with Crippen LogP contribution in [0.1, 0.15) is 39.6 Å². The summed E-state index contributed by atoms with van der Waals surface area (Å²) < 4.78 is 2.28. The molecule has 0 fully saturated rings. The largest absolute Gasteiger partial charge is 0.326 e. The van der Waals surface area contributed by atoms with E-state index < -0.39 is 0 Å². The summed E-state index contributed by atoms with van der Waals surface area (Å²) in [6.07, 6.45) is 0. The molecule has 0 saturated carbocycles. The molecule has 5 heteroatoms. The van der Waals surface area contributed by atoms with Crippen LogP contribution in [0.3, 0.4) is 0 Å². The Bertz CT molecular complexity index is 535. The first kappa shape index (κ1) is 19.2. The second-order valence-corrected chi connectivity index (χ2v) is 5.73. The highest BCUT2D eigenvalue weighted by atomic mass is 35.5. The lowest BCUT2D eigenvalue weighted by atomic mass is 10.0. The number of rotatable bonds is 4. The highest BCUT2D eigenvalue weighted by molar-refractivity contribution is 5.85. The standard InChI is InChI=1S/C15H23N3.2ClH/c1-10(2)9-18-13-8-6-5-7-12(13)17-15(18)14(16)11(3)4;;/h5-8,10-11,14H,9,16H2,1-4H3;2*1H. The molecule has 20 heavy (non-hydrogen) atoms. The predicted octanol–water partition coefficient (Wildman–Crippen LogP) is 4.19. The van der Waals surface area contributed by atoms with Crippen LogP contribution in [0.25, 0.3) is 11.0 Å². The van der Waals surface area contributed by atoms with E-state index in [1.54, 1.807) is 0 Å². The quantitative estimate of drug-likeness (QED) is 0.918. The average molecular weight is 318 g/mol. The van der Waals surface area contributed by atoms with Gasteiger partial charge in [0.05, 0.1) is 17.1 Å². The third-order valence-corrected chi connectivity index (χ3v) is 3.25. The molecule has 1 heterocycles. The maximum absolute atomic E-state index is 6.29. The molecule has 0 aliphatic carbocycles. The molecule has 2 aromatic rings. The summed E-state index contributed by atoms with van der Waals surface area (Å²) in [5.41, 5.74) is 8.53. The van der Waals surface area contributed by atoms with Crippen LogP contribution >= 0.6 is 24.8 Å². The van der Waals surface area contributed by atoms with Gasteiger partial charge in [-0.15, -0.1) is 24.8 Å². The molecule has 1 aromatic heterocycles. The van der Waals surface area contributed by atoms with Gasteiger partial charge in [-0.1, -0.05) is 39.8 Å². The molecule has 0 bridgehead atoms. The fourth-order valence-corrected chi connectivity index (χ4v) is 2.20. The lowest BCUT2D eigenvalue weighted by Gasteiger charge is -2.18. The first-order valence-corrected chi connectivity index (χ1v) is 6.71. The normalized spacial score (nSPS) is 12.3. The number of halogens is 2. The van der Waals surface area contributed by atoms with Crippen LogP contribution in [0.4, 0.5) is 0 Å². The first-order valence-electron chi connectivity index (χ1n) is 6.71. The van der Waals surface area contributed by atoms with Crippen LogP contribution in [0.5, 0.6) is 0 Å². The van der Waals surface area contributed by atoms with Crippen molar-refractivity contribution in [2.45, 2.75) is 40.3 Å². The molecule has 0 radical (unpaired) electrons. The van der Waals surface area contributed by atoms with E-state index in [2.05, 4.69) is 50.5 Å². The molecular weight excluding hydrogens is 293 g/mol. The van der Waals surface area contributed by atoms with Crippen molar-refractivity contribution >= 4 is 35.8 Å². The topological polar surface area (TPSA) is 43.8 Å². The molecule has 1 aromatic carbocycles. The van der Waals surface area contributed by atoms with Gasteiger partial charge in [-0.25, -0.2) is 4.98 Å². The number of fused-ring (bicyclic) bond motifs is 1. The third kappa shape index (κ3) is 3.87. The number of nitrogens with zero attached hydrogens (tertiary/aromatic N) is 2. The van der Waals surface area contributed by atoms with Crippen molar-refractivity contribution < 1.29 is 0 Å². The summed E-state index contributed by atoms with van der Waals surface area (Å²) in [6.45, 7) is 9.70. The van der Waals surface area contributed by atoms with Crippen molar-refractivity contribution in [1.82, 2.24) is 9.55 Å². The van der Waals surface area contributed by atoms with Gasteiger partial charge in [-0.3, -0.25) is 0 Å². The van der Waals surface area contributed by atoms with Crippen molar-refractivity contribution in [3.63, 3.8) is 0 Å². The van der Waals surface area contributed by atoms with Crippen LogP contribution in [0.15, 0.2) is 24.3 Å². The van der Waals surface area contributed by atoms with Crippen LogP contribution in [-0.2, 0) is 6.54 Å². The maximum Gasteiger partial charge on any atom is 0.127 e. The minimum atomic E-state index is -0.00356. The minimum absolute atomic E-state index is 0. The van der Waals surface area contributed by atoms with Crippen LogP contribution < -0.4 is 5.73 Å². The lowest BCUT2D eigenvalue weighted by molar-refractivity contribution is 0.443. The Morgan fingerprint density at radius 3 is 2.25 bits per heavy atom. The summed E-state index contributed by atoms with van der Waals surface area (Å²) >= 11 is 0. The van der Waals surface area contributed by atoms with Gasteiger partial charge in [0.1, 0.15) is 5.82 Å². The van der Waals surface area contributed by atoms with Crippen LogP contribution in [0, 0.1) is 11.8 Å². The molecular formula is C15H25Cl2N3. The second kappa shape index (κ2) is 7.87. The van der Waals surface area contributed by atoms with E-state index in [0.717, 1.165) is 17.9 Å². The van der Waals surface area contributed by atoms with Crippen molar-refractivity contribution in [1.29, 1.82) is 0 Å². The molecule has 0 aliphatic rings. The van der Waals surface area contributed by atoms with Crippen molar-refractivity contribution in [2.75, 3.05) is 0 Å². The van der Waals surface area contributed by atoms with Gasteiger partial charge in [-0.05, 0) is 24.0 Å². The van der Waals surface area contributed by atoms with Gasteiger partial charge in [0.15, 0.2) is 0 Å². The Kier molecular flexibility index (Phi) is 7.56. The van der Waals surface area contributed by atoms with Gasteiger partial charge in [0.25, 0.3) is 0 Å². The zero-order valence-electron chi connectivity index (χ0n) is 12.5. The van der Waals surface area contributed by atoms with Crippen molar-refractivity contribution in [3.05, 3.63) is 30.1 Å². The van der Waals surface area contributed by atoms with Crippen molar-refractivity contribution in [3.8, 4) is 0 Å². The van der Waals surface area contributed by atoms with E-state index in [1.165, 1.54) is 5.52 Å². The number of nitrogens with two attached hydrogens (primary N) is 1. The highest BCUT2D eigenvalue weighted by Gasteiger charge is 2.19. The Labute approximate surface area is 133 Å². The highest BCUT2D eigenvalue weighted by Crippen LogP contribution is 2.24. The first-order chi connectivity index (χ1) is 8.50. The SMILES string of the molecule is CC(C)Cn1c(C(N)C(C)C)nc2ccccc21.Cl.Cl. The Morgan fingerprint density at radius 2 is 1.70 bits per heavy atom. The number of aromatic nitrogens is 2. The fraction of sp³-hybridized carbons (Fsp3) is 0.533. The van der Waals surface area contributed by atoms with Crippen molar-refractivity contribution in [2.24, 2.45) is 17.6 Å². The molecule has 1 atom stereocenters. The lowest BCUT2D eigenvalue weighted by Crippen LogP contribution is -2.22. The number of benzene rings is 1. The van der Waals surface area contributed by atoms with Gasteiger partial charge >= 0.3 is 0 Å². The molecule has 0 amide bonds. The molecule has 0 spiro atoms. The van der Waals surface area contributed by atoms with E-state index in [9.17, 15) is 0 Å². The Hall–Kier alpha value is -0.770. The molecule has 0 aliphatic heterocycles. The Balaban J connectivity index is 0.00000180. The van der Waals surface area contributed by atoms with Crippen LogP contribution in [0.2, 0.25) is 0 Å². The number of imidazole rings is 1. The number of hydrogen-bond acceptors (Lipinski definition) is 2. The second-order valence-electron chi connectivity index (χ2n) is 5.73. The summed E-state index contributed by atoms with van der Waals surface area (Å²) in [7, 11) is 0. The van der Waals surface area contributed by atoms with E-state index >= 15 is 0 Å². The van der Waals surface area contributed by atoms with E-state index in [0.29, 0.717) is 11.8 Å². The smallest absolute Gasteiger partial charge is 0.127 e. The zero-order chi connectivity index (χ0) is 13.3. The minimum Gasteiger partial charge on any atom is -0.326 e. The van der Waals surface area contributed by atoms with Gasteiger partial charge in [-0.2, -0.15) is 0 Å². The number of para-hydroxylation sites is 2. The van der Waals surface area contributed by atoms with E-state index in [1.807, 2.05) is 6.07 Å². The van der Waals surface area contributed by atoms with E-state index in [-0.39, 0.29) is 30.9 Å². The summed E-state index contributed by atoms with van der Waals surface area (Å²) in [5.74, 6) is 1.99.